The van der Waals surface area contributed by atoms with Crippen molar-refractivity contribution < 1.29 is 4.39 Å². The van der Waals surface area contributed by atoms with E-state index in [0.29, 0.717) is 5.56 Å². The Hall–Kier alpha value is -1.01. The Kier molecular flexibility index (Phi) is 5.27. The highest BCUT2D eigenvalue weighted by Crippen LogP contribution is 2.25. The Balaban J connectivity index is 2.38. The van der Waals surface area contributed by atoms with Gasteiger partial charge in [0.2, 0.25) is 0 Å². The molecule has 0 bridgehead atoms. The van der Waals surface area contributed by atoms with Crippen LogP contribution in [0.4, 0.5) is 4.39 Å². The average Bonchev–Trinajstić information content (AvgIpc) is 2.41. The molecule has 0 aliphatic heterocycles. The fourth-order valence-corrected chi connectivity index (χ4v) is 2.57. The molecule has 0 amide bonds. The Morgan fingerprint density at radius 1 is 1.37 bits per heavy atom. The molecular formula is C15H16FIN2. The van der Waals surface area contributed by atoms with Gasteiger partial charge in [0.15, 0.2) is 0 Å². The predicted octanol–water partition coefficient (Wildman–Crippen LogP) is 3.91. The predicted molar refractivity (Wildman–Crippen MR) is 83.5 cm³/mol. The highest BCUT2D eigenvalue weighted by Gasteiger charge is 2.17. The molecule has 0 fully saturated rings. The number of nitrogens with one attached hydrogen (secondary N) is 1. The molecule has 1 heterocycles. The van der Waals surface area contributed by atoms with Gasteiger partial charge in [-0.15, -0.1) is 0 Å². The van der Waals surface area contributed by atoms with Crippen molar-refractivity contribution in [1.82, 2.24) is 10.3 Å². The molecule has 0 aliphatic carbocycles. The third-order valence-electron chi connectivity index (χ3n) is 2.90. The number of aromatic nitrogens is 1. The van der Waals surface area contributed by atoms with Gasteiger partial charge in [-0.3, -0.25) is 4.98 Å². The van der Waals surface area contributed by atoms with Crippen LogP contribution in [0.5, 0.6) is 0 Å². The molecule has 1 aromatic carbocycles. The van der Waals surface area contributed by atoms with Gasteiger partial charge in [-0.25, -0.2) is 4.39 Å². The van der Waals surface area contributed by atoms with Crippen molar-refractivity contribution in [2.24, 2.45) is 0 Å². The minimum absolute atomic E-state index is 0.127. The first kappa shape index (κ1) is 14.4. The first-order valence-electron chi connectivity index (χ1n) is 6.30. The van der Waals surface area contributed by atoms with Crippen molar-refractivity contribution >= 4 is 22.6 Å². The lowest BCUT2D eigenvalue weighted by atomic mass is 9.99. The topological polar surface area (TPSA) is 24.9 Å². The van der Waals surface area contributed by atoms with Gasteiger partial charge < -0.3 is 5.32 Å². The van der Waals surface area contributed by atoms with E-state index in [-0.39, 0.29) is 11.9 Å². The summed E-state index contributed by atoms with van der Waals surface area (Å²) in [7, 11) is 0. The van der Waals surface area contributed by atoms with E-state index in [2.05, 4.69) is 45.9 Å². The third-order valence-corrected chi connectivity index (χ3v) is 3.57. The van der Waals surface area contributed by atoms with Gasteiger partial charge >= 0.3 is 0 Å². The van der Waals surface area contributed by atoms with E-state index < -0.39 is 0 Å². The summed E-state index contributed by atoms with van der Waals surface area (Å²) in [6.45, 7) is 2.94. The zero-order chi connectivity index (χ0) is 13.7. The molecule has 4 heteroatoms. The van der Waals surface area contributed by atoms with Crippen LogP contribution < -0.4 is 5.32 Å². The Labute approximate surface area is 126 Å². The summed E-state index contributed by atoms with van der Waals surface area (Å²) >= 11 is 2.27. The van der Waals surface area contributed by atoms with Crippen LogP contribution in [-0.2, 0) is 0 Å². The smallest absolute Gasteiger partial charge is 0.146 e. The SMILES string of the molecule is CCCNC(c1cccc(I)c1)c1ccncc1F. The summed E-state index contributed by atoms with van der Waals surface area (Å²) in [6, 6.07) is 9.74. The number of halogens is 2. The second-order valence-corrected chi connectivity index (χ2v) is 5.58. The number of hydrogen-bond acceptors (Lipinski definition) is 2. The largest absolute Gasteiger partial charge is 0.306 e. The van der Waals surface area contributed by atoms with Crippen LogP contribution in [0, 0.1) is 9.39 Å². The molecule has 0 aliphatic rings. The lowest BCUT2D eigenvalue weighted by Crippen LogP contribution is -2.24. The van der Waals surface area contributed by atoms with E-state index in [9.17, 15) is 4.39 Å². The summed E-state index contributed by atoms with van der Waals surface area (Å²) < 4.78 is 15.1. The third kappa shape index (κ3) is 3.73. The molecule has 0 spiro atoms. The Bertz CT molecular complexity index is 545. The molecule has 100 valence electrons. The van der Waals surface area contributed by atoms with Gasteiger partial charge in [-0.2, -0.15) is 0 Å². The number of nitrogens with zero attached hydrogens (tertiary/aromatic N) is 1. The molecule has 2 nitrogen and oxygen atoms in total. The van der Waals surface area contributed by atoms with Crippen LogP contribution in [0.15, 0.2) is 42.7 Å². The fourth-order valence-electron chi connectivity index (χ4n) is 2.00. The maximum atomic E-state index is 13.9. The highest BCUT2D eigenvalue weighted by molar-refractivity contribution is 14.1. The summed E-state index contributed by atoms with van der Waals surface area (Å²) in [5.74, 6) is -0.269. The van der Waals surface area contributed by atoms with E-state index in [1.807, 2.05) is 18.2 Å². The monoisotopic (exact) mass is 370 g/mol. The maximum Gasteiger partial charge on any atom is 0.146 e. The molecule has 1 aromatic heterocycles. The number of pyridine rings is 1. The minimum atomic E-state index is -0.269. The van der Waals surface area contributed by atoms with Gasteiger partial charge in [0.05, 0.1) is 12.2 Å². The Morgan fingerprint density at radius 2 is 2.21 bits per heavy atom. The molecular weight excluding hydrogens is 354 g/mol. The van der Waals surface area contributed by atoms with Crippen LogP contribution >= 0.6 is 22.6 Å². The molecule has 0 radical (unpaired) electrons. The molecule has 0 saturated carbocycles. The zero-order valence-corrected chi connectivity index (χ0v) is 12.9. The van der Waals surface area contributed by atoms with Crippen molar-refractivity contribution in [2.45, 2.75) is 19.4 Å². The lowest BCUT2D eigenvalue weighted by Gasteiger charge is -2.20. The van der Waals surface area contributed by atoms with Crippen LogP contribution in [0.2, 0.25) is 0 Å². The van der Waals surface area contributed by atoms with Gasteiger partial charge in [0, 0.05) is 15.3 Å². The molecule has 2 rings (SSSR count). The lowest BCUT2D eigenvalue weighted by molar-refractivity contribution is 0.543. The molecule has 2 aromatic rings. The highest BCUT2D eigenvalue weighted by atomic mass is 127. The second-order valence-electron chi connectivity index (χ2n) is 4.34. The van der Waals surface area contributed by atoms with Crippen molar-refractivity contribution in [3.05, 3.63) is 63.2 Å². The fraction of sp³-hybridized carbons (Fsp3) is 0.267. The summed E-state index contributed by atoms with van der Waals surface area (Å²) in [4.78, 5) is 3.81. The van der Waals surface area contributed by atoms with Gasteiger partial charge in [0.25, 0.3) is 0 Å². The molecule has 19 heavy (non-hydrogen) atoms. The summed E-state index contributed by atoms with van der Waals surface area (Å²) in [5, 5.41) is 3.40. The summed E-state index contributed by atoms with van der Waals surface area (Å²) in [5.41, 5.74) is 1.72. The first-order chi connectivity index (χ1) is 9.22. The normalized spacial score (nSPS) is 12.4. The van der Waals surface area contributed by atoms with Crippen LogP contribution in [0.1, 0.15) is 30.5 Å². The van der Waals surface area contributed by atoms with Crippen molar-refractivity contribution in [3.8, 4) is 0 Å². The second kappa shape index (κ2) is 6.96. The standard InChI is InChI=1S/C15H16FIN2/c1-2-7-19-15(11-4-3-5-12(17)9-11)13-6-8-18-10-14(13)16/h3-6,8-10,15,19H,2,7H2,1H3. The van der Waals surface area contributed by atoms with Gasteiger partial charge in [0.1, 0.15) is 5.82 Å². The van der Waals surface area contributed by atoms with E-state index >= 15 is 0 Å². The van der Waals surface area contributed by atoms with Gasteiger partial charge in [-0.1, -0.05) is 19.1 Å². The van der Waals surface area contributed by atoms with Gasteiger partial charge in [-0.05, 0) is 59.3 Å². The van der Waals surface area contributed by atoms with Crippen LogP contribution in [0.3, 0.4) is 0 Å². The van der Waals surface area contributed by atoms with E-state index in [1.54, 1.807) is 12.3 Å². The van der Waals surface area contributed by atoms with E-state index in [4.69, 9.17) is 0 Å². The maximum absolute atomic E-state index is 13.9. The van der Waals surface area contributed by atoms with Crippen LogP contribution in [0.25, 0.3) is 0 Å². The Morgan fingerprint density at radius 3 is 2.89 bits per heavy atom. The quantitative estimate of drug-likeness (QED) is 0.808. The molecule has 1 unspecified atom stereocenters. The first-order valence-corrected chi connectivity index (χ1v) is 7.38. The minimum Gasteiger partial charge on any atom is -0.306 e. The van der Waals surface area contributed by atoms with Crippen molar-refractivity contribution in [1.29, 1.82) is 0 Å². The number of rotatable bonds is 5. The van der Waals surface area contributed by atoms with Crippen molar-refractivity contribution in [2.75, 3.05) is 6.54 Å². The van der Waals surface area contributed by atoms with E-state index in [0.717, 1.165) is 22.1 Å². The molecule has 1 N–H and O–H groups in total. The number of hydrogen-bond donors (Lipinski definition) is 1. The number of benzene rings is 1. The molecule has 1 atom stereocenters. The average molecular weight is 370 g/mol. The summed E-state index contributed by atoms with van der Waals surface area (Å²) in [6.07, 6.45) is 3.91. The van der Waals surface area contributed by atoms with Crippen LogP contribution in [-0.4, -0.2) is 11.5 Å². The zero-order valence-electron chi connectivity index (χ0n) is 10.7. The van der Waals surface area contributed by atoms with Crippen molar-refractivity contribution in [3.63, 3.8) is 0 Å². The van der Waals surface area contributed by atoms with E-state index in [1.165, 1.54) is 6.20 Å². The molecule has 0 saturated heterocycles.